The van der Waals surface area contributed by atoms with Crippen LogP contribution in [0.4, 0.5) is 4.79 Å². The summed E-state index contributed by atoms with van der Waals surface area (Å²) in [5.74, 6) is 0.0542. The summed E-state index contributed by atoms with van der Waals surface area (Å²) in [6.07, 6.45) is 0.0992. The first-order valence-corrected chi connectivity index (χ1v) is 8.03. The van der Waals surface area contributed by atoms with Gasteiger partial charge in [0, 0.05) is 12.0 Å². The van der Waals surface area contributed by atoms with Crippen molar-refractivity contribution in [1.29, 1.82) is 0 Å². The molecule has 1 aliphatic rings. The molecule has 7 nitrogen and oxygen atoms in total. The minimum Gasteiger partial charge on any atom is -0.488 e. The fourth-order valence-electron chi connectivity index (χ4n) is 2.58. The highest BCUT2D eigenvalue weighted by Crippen LogP contribution is 2.26. The molecule has 136 valence electrons. The van der Waals surface area contributed by atoms with Gasteiger partial charge in [0.25, 0.3) is 0 Å². The van der Waals surface area contributed by atoms with Crippen LogP contribution in [0, 0.1) is 0 Å². The van der Waals surface area contributed by atoms with Gasteiger partial charge in [-0.05, 0) is 45.0 Å². The summed E-state index contributed by atoms with van der Waals surface area (Å²) in [7, 11) is 1.28. The quantitative estimate of drug-likeness (QED) is 0.613. The molecule has 1 amide bonds. The molecule has 1 aromatic carbocycles. The summed E-state index contributed by atoms with van der Waals surface area (Å²) >= 11 is 0. The lowest BCUT2D eigenvalue weighted by Gasteiger charge is -2.27. The standard InChI is InChI=1S/C18H23NO6/c1-18(2,3)25-17(22)19-10-14(9-15(19)16(21)23-4)24-13-7-5-12(11-20)6-8-13/h5-8,11,14-15H,9-10H2,1-4H3. The van der Waals surface area contributed by atoms with Gasteiger partial charge in [0.15, 0.2) is 0 Å². The Morgan fingerprint density at radius 3 is 2.36 bits per heavy atom. The Labute approximate surface area is 146 Å². The molecule has 25 heavy (non-hydrogen) atoms. The van der Waals surface area contributed by atoms with Crippen LogP contribution in [-0.2, 0) is 14.3 Å². The zero-order valence-electron chi connectivity index (χ0n) is 14.9. The molecule has 0 bridgehead atoms. The van der Waals surface area contributed by atoms with E-state index in [4.69, 9.17) is 14.2 Å². The number of ether oxygens (including phenoxy) is 3. The van der Waals surface area contributed by atoms with Crippen molar-refractivity contribution in [2.24, 2.45) is 0 Å². The maximum Gasteiger partial charge on any atom is 0.411 e. The van der Waals surface area contributed by atoms with E-state index >= 15 is 0 Å². The number of benzene rings is 1. The van der Waals surface area contributed by atoms with Gasteiger partial charge in [-0.3, -0.25) is 9.69 Å². The first-order valence-electron chi connectivity index (χ1n) is 8.03. The van der Waals surface area contributed by atoms with Crippen LogP contribution in [0.15, 0.2) is 24.3 Å². The molecule has 1 heterocycles. The summed E-state index contributed by atoms with van der Waals surface area (Å²) in [4.78, 5) is 36.4. The Morgan fingerprint density at radius 1 is 1.20 bits per heavy atom. The molecule has 1 fully saturated rings. The van der Waals surface area contributed by atoms with Crippen LogP contribution in [0.3, 0.4) is 0 Å². The van der Waals surface area contributed by atoms with Gasteiger partial charge in [0.05, 0.1) is 13.7 Å². The number of aldehydes is 1. The molecule has 2 unspecified atom stereocenters. The van der Waals surface area contributed by atoms with Gasteiger partial charge in [-0.2, -0.15) is 0 Å². The smallest absolute Gasteiger partial charge is 0.411 e. The summed E-state index contributed by atoms with van der Waals surface area (Å²) in [5.41, 5.74) is -0.122. The summed E-state index contributed by atoms with van der Waals surface area (Å²) in [5, 5.41) is 0. The van der Waals surface area contributed by atoms with Crippen LogP contribution in [0.1, 0.15) is 37.6 Å². The second kappa shape index (κ2) is 7.55. The van der Waals surface area contributed by atoms with Gasteiger partial charge >= 0.3 is 12.1 Å². The van der Waals surface area contributed by atoms with Crippen molar-refractivity contribution in [3.63, 3.8) is 0 Å². The molecule has 0 spiro atoms. The minimum atomic E-state index is -0.751. The van der Waals surface area contributed by atoms with Gasteiger partial charge in [-0.1, -0.05) is 0 Å². The molecule has 0 aromatic heterocycles. The Morgan fingerprint density at radius 2 is 1.84 bits per heavy atom. The summed E-state index contributed by atoms with van der Waals surface area (Å²) in [6, 6.07) is 5.88. The van der Waals surface area contributed by atoms with E-state index in [1.54, 1.807) is 45.0 Å². The summed E-state index contributed by atoms with van der Waals surface area (Å²) < 4.78 is 16.0. The number of carbonyl (C=O) groups is 3. The normalized spacial score (nSPS) is 20.1. The maximum absolute atomic E-state index is 12.4. The summed E-state index contributed by atoms with van der Waals surface area (Å²) in [6.45, 7) is 5.49. The molecule has 7 heteroatoms. The van der Waals surface area contributed by atoms with Crippen molar-refractivity contribution in [3.8, 4) is 5.75 Å². The largest absolute Gasteiger partial charge is 0.488 e. The van der Waals surface area contributed by atoms with E-state index in [9.17, 15) is 14.4 Å². The topological polar surface area (TPSA) is 82.1 Å². The van der Waals surface area contributed by atoms with Crippen LogP contribution in [-0.4, -0.2) is 54.7 Å². The number of amides is 1. The molecule has 1 aromatic rings. The molecule has 2 rings (SSSR count). The van der Waals surface area contributed by atoms with Gasteiger partial charge in [0.2, 0.25) is 0 Å². The number of methoxy groups -OCH3 is 1. The highest BCUT2D eigenvalue weighted by Gasteiger charge is 2.43. The fraction of sp³-hybridized carbons (Fsp3) is 0.500. The maximum atomic E-state index is 12.4. The van der Waals surface area contributed by atoms with Crippen molar-refractivity contribution >= 4 is 18.3 Å². The van der Waals surface area contributed by atoms with E-state index in [1.165, 1.54) is 12.0 Å². The molecule has 0 aliphatic carbocycles. The monoisotopic (exact) mass is 349 g/mol. The van der Waals surface area contributed by atoms with Gasteiger partial charge < -0.3 is 14.2 Å². The highest BCUT2D eigenvalue weighted by atomic mass is 16.6. The van der Waals surface area contributed by atoms with Crippen LogP contribution < -0.4 is 4.74 Å². The Balaban J connectivity index is 2.10. The molecule has 0 N–H and O–H groups in total. The van der Waals surface area contributed by atoms with E-state index in [-0.39, 0.29) is 12.6 Å². The zero-order chi connectivity index (χ0) is 18.6. The van der Waals surface area contributed by atoms with Gasteiger partial charge in [-0.25, -0.2) is 9.59 Å². The number of nitrogens with zero attached hydrogens (tertiary/aromatic N) is 1. The van der Waals surface area contributed by atoms with Crippen molar-refractivity contribution in [2.45, 2.75) is 44.9 Å². The third-order valence-electron chi connectivity index (χ3n) is 3.68. The third-order valence-corrected chi connectivity index (χ3v) is 3.68. The molecular formula is C18H23NO6. The SMILES string of the molecule is COC(=O)C1CC(Oc2ccc(C=O)cc2)CN1C(=O)OC(C)(C)C. The van der Waals surface area contributed by atoms with Crippen molar-refractivity contribution in [2.75, 3.05) is 13.7 Å². The number of esters is 1. The Kier molecular flexibility index (Phi) is 5.66. The molecule has 1 saturated heterocycles. The fourth-order valence-corrected chi connectivity index (χ4v) is 2.58. The van der Waals surface area contributed by atoms with Crippen LogP contribution in [0.2, 0.25) is 0 Å². The first-order chi connectivity index (χ1) is 11.7. The van der Waals surface area contributed by atoms with Crippen molar-refractivity contribution in [3.05, 3.63) is 29.8 Å². The predicted octanol–water partition coefficient (Wildman–Crippen LogP) is 2.43. The molecule has 1 aliphatic heterocycles. The molecule has 2 atom stereocenters. The lowest BCUT2D eigenvalue weighted by atomic mass is 10.2. The zero-order valence-corrected chi connectivity index (χ0v) is 14.9. The average molecular weight is 349 g/mol. The predicted molar refractivity (Wildman–Crippen MR) is 89.6 cm³/mol. The third kappa shape index (κ3) is 4.95. The van der Waals surface area contributed by atoms with Crippen LogP contribution in [0.5, 0.6) is 5.75 Å². The van der Waals surface area contributed by atoms with Crippen LogP contribution >= 0.6 is 0 Å². The number of carbonyl (C=O) groups excluding carboxylic acids is 3. The number of rotatable bonds is 4. The minimum absolute atomic E-state index is 0.212. The second-order valence-electron chi connectivity index (χ2n) is 6.83. The van der Waals surface area contributed by atoms with Gasteiger partial charge in [0.1, 0.15) is 29.8 Å². The van der Waals surface area contributed by atoms with Crippen molar-refractivity contribution < 1.29 is 28.6 Å². The number of hydrogen-bond donors (Lipinski definition) is 0. The molecule has 0 saturated carbocycles. The number of likely N-dealkylation sites (tertiary alicyclic amines) is 1. The second-order valence-corrected chi connectivity index (χ2v) is 6.83. The lowest BCUT2D eigenvalue weighted by Crippen LogP contribution is -2.44. The van der Waals surface area contributed by atoms with E-state index < -0.39 is 23.7 Å². The van der Waals surface area contributed by atoms with Crippen LogP contribution in [0.25, 0.3) is 0 Å². The molecular weight excluding hydrogens is 326 g/mol. The molecule has 0 radical (unpaired) electrons. The van der Waals surface area contributed by atoms with Crippen molar-refractivity contribution in [1.82, 2.24) is 4.90 Å². The Hall–Kier alpha value is -2.57. The Bertz CT molecular complexity index is 634. The number of hydrogen-bond acceptors (Lipinski definition) is 6. The highest BCUT2D eigenvalue weighted by molar-refractivity contribution is 5.82. The van der Waals surface area contributed by atoms with Gasteiger partial charge in [-0.15, -0.1) is 0 Å². The first kappa shape index (κ1) is 18.8. The van der Waals surface area contributed by atoms with E-state index in [2.05, 4.69) is 0 Å². The van der Waals surface area contributed by atoms with E-state index in [0.29, 0.717) is 17.7 Å². The average Bonchev–Trinajstić information content (AvgIpc) is 2.97. The van der Waals surface area contributed by atoms with E-state index in [1.807, 2.05) is 0 Å². The lowest BCUT2D eigenvalue weighted by molar-refractivity contribution is -0.145. The van der Waals surface area contributed by atoms with E-state index in [0.717, 1.165) is 6.29 Å².